The first kappa shape index (κ1) is 15.8. The van der Waals surface area contributed by atoms with Gasteiger partial charge in [-0.1, -0.05) is 28.4 Å². The Labute approximate surface area is 132 Å². The maximum absolute atomic E-state index is 11.9. The lowest BCUT2D eigenvalue weighted by molar-refractivity contribution is -0.142. The third-order valence-electron chi connectivity index (χ3n) is 3.95. The Hall–Kier alpha value is -1.56. The number of benzene rings is 1. The van der Waals surface area contributed by atoms with Crippen LogP contribution in [0.3, 0.4) is 0 Å². The van der Waals surface area contributed by atoms with Crippen LogP contribution in [0.1, 0.15) is 24.8 Å². The van der Waals surface area contributed by atoms with Gasteiger partial charge >= 0.3 is 12.0 Å². The first-order valence-corrected chi connectivity index (χ1v) is 7.80. The Morgan fingerprint density at radius 2 is 2.14 bits per heavy atom. The van der Waals surface area contributed by atoms with Crippen molar-refractivity contribution in [2.45, 2.75) is 26.2 Å². The SMILES string of the molecule is Cc1ccc(Br)cc1NC(=O)NCC1CCCC1C(=O)O. The molecule has 1 aromatic rings. The number of halogens is 1. The molecule has 2 amide bonds. The van der Waals surface area contributed by atoms with Gasteiger partial charge in [0.1, 0.15) is 0 Å². The van der Waals surface area contributed by atoms with Crippen molar-refractivity contribution in [1.82, 2.24) is 5.32 Å². The average molecular weight is 355 g/mol. The molecule has 1 aliphatic carbocycles. The van der Waals surface area contributed by atoms with Gasteiger partial charge in [-0.3, -0.25) is 4.79 Å². The van der Waals surface area contributed by atoms with Crippen molar-refractivity contribution in [3.05, 3.63) is 28.2 Å². The van der Waals surface area contributed by atoms with E-state index in [2.05, 4.69) is 26.6 Å². The third kappa shape index (κ3) is 4.20. The molecule has 0 heterocycles. The van der Waals surface area contributed by atoms with Gasteiger partial charge in [0.05, 0.1) is 5.92 Å². The Morgan fingerprint density at radius 3 is 2.86 bits per heavy atom. The van der Waals surface area contributed by atoms with Crippen LogP contribution in [0.15, 0.2) is 22.7 Å². The summed E-state index contributed by atoms with van der Waals surface area (Å²) >= 11 is 3.37. The predicted octanol–water partition coefficient (Wildman–Crippen LogP) is 3.38. The summed E-state index contributed by atoms with van der Waals surface area (Å²) in [6.07, 6.45) is 2.47. The number of carbonyl (C=O) groups is 2. The second-order valence-corrected chi connectivity index (χ2v) is 6.35. The van der Waals surface area contributed by atoms with Crippen molar-refractivity contribution in [1.29, 1.82) is 0 Å². The maximum Gasteiger partial charge on any atom is 0.319 e. The second-order valence-electron chi connectivity index (χ2n) is 5.43. The maximum atomic E-state index is 11.9. The Kier molecular flexibility index (Phi) is 5.22. The Morgan fingerprint density at radius 1 is 1.38 bits per heavy atom. The standard InChI is InChI=1S/C15H19BrN2O3/c1-9-5-6-11(16)7-13(9)18-15(21)17-8-10-3-2-4-12(10)14(19)20/h5-7,10,12H,2-4,8H2,1H3,(H,19,20)(H2,17,18,21). The van der Waals surface area contributed by atoms with E-state index < -0.39 is 5.97 Å². The molecule has 1 fully saturated rings. The second kappa shape index (κ2) is 6.93. The van der Waals surface area contributed by atoms with Crippen LogP contribution in [-0.4, -0.2) is 23.7 Å². The van der Waals surface area contributed by atoms with Crippen LogP contribution in [0.5, 0.6) is 0 Å². The number of carbonyl (C=O) groups excluding carboxylic acids is 1. The number of urea groups is 1. The molecule has 0 bridgehead atoms. The summed E-state index contributed by atoms with van der Waals surface area (Å²) in [6.45, 7) is 2.31. The topological polar surface area (TPSA) is 78.4 Å². The lowest BCUT2D eigenvalue weighted by Crippen LogP contribution is -2.35. The van der Waals surface area contributed by atoms with E-state index in [-0.39, 0.29) is 17.9 Å². The molecule has 0 spiro atoms. The molecule has 0 saturated heterocycles. The van der Waals surface area contributed by atoms with Crippen LogP contribution in [0.4, 0.5) is 10.5 Å². The highest BCUT2D eigenvalue weighted by Crippen LogP contribution is 2.31. The number of aryl methyl sites for hydroxylation is 1. The lowest BCUT2D eigenvalue weighted by atomic mass is 9.96. The van der Waals surface area contributed by atoms with Gasteiger partial charge in [0, 0.05) is 16.7 Å². The number of hydrogen-bond acceptors (Lipinski definition) is 2. The van der Waals surface area contributed by atoms with Crippen molar-refractivity contribution in [3.63, 3.8) is 0 Å². The molecule has 0 aliphatic heterocycles. The van der Waals surface area contributed by atoms with E-state index in [1.165, 1.54) is 0 Å². The lowest BCUT2D eigenvalue weighted by Gasteiger charge is -2.17. The molecular weight excluding hydrogens is 336 g/mol. The fourth-order valence-corrected chi connectivity index (χ4v) is 3.09. The zero-order chi connectivity index (χ0) is 15.4. The monoisotopic (exact) mass is 354 g/mol. The first-order chi connectivity index (χ1) is 9.97. The summed E-state index contributed by atoms with van der Waals surface area (Å²) in [5.74, 6) is -1.07. The largest absolute Gasteiger partial charge is 0.481 e. The normalized spacial score (nSPS) is 21.0. The average Bonchev–Trinajstić information content (AvgIpc) is 2.89. The number of carboxylic acid groups (broad SMARTS) is 1. The minimum Gasteiger partial charge on any atom is -0.481 e. The number of carboxylic acids is 1. The van der Waals surface area contributed by atoms with Crippen LogP contribution in [0, 0.1) is 18.8 Å². The van der Waals surface area contributed by atoms with Crippen LogP contribution in [0.2, 0.25) is 0 Å². The summed E-state index contributed by atoms with van der Waals surface area (Å²) in [4.78, 5) is 23.0. The molecule has 0 radical (unpaired) electrons. The molecule has 1 aliphatic rings. The quantitative estimate of drug-likeness (QED) is 0.775. The highest BCUT2D eigenvalue weighted by Gasteiger charge is 2.32. The van der Waals surface area contributed by atoms with E-state index in [9.17, 15) is 9.59 Å². The van der Waals surface area contributed by atoms with E-state index in [1.807, 2.05) is 25.1 Å². The molecule has 114 valence electrons. The number of rotatable bonds is 4. The molecule has 3 N–H and O–H groups in total. The highest BCUT2D eigenvalue weighted by atomic mass is 79.9. The molecule has 2 rings (SSSR count). The molecule has 2 atom stereocenters. The predicted molar refractivity (Wildman–Crippen MR) is 84.4 cm³/mol. The molecule has 1 saturated carbocycles. The number of aliphatic carboxylic acids is 1. The highest BCUT2D eigenvalue weighted by molar-refractivity contribution is 9.10. The Balaban J connectivity index is 1.87. The number of anilines is 1. The molecule has 2 unspecified atom stereocenters. The molecule has 21 heavy (non-hydrogen) atoms. The van der Waals surface area contributed by atoms with Gasteiger partial charge < -0.3 is 15.7 Å². The summed E-state index contributed by atoms with van der Waals surface area (Å²) in [7, 11) is 0. The molecule has 0 aromatic heterocycles. The first-order valence-electron chi connectivity index (χ1n) is 7.01. The molecule has 6 heteroatoms. The minimum atomic E-state index is -0.762. The summed E-state index contributed by atoms with van der Waals surface area (Å²) in [5.41, 5.74) is 1.71. The third-order valence-corrected chi connectivity index (χ3v) is 4.44. The van der Waals surface area contributed by atoms with Crippen molar-refractivity contribution >= 4 is 33.6 Å². The molecule has 1 aromatic carbocycles. The van der Waals surface area contributed by atoms with E-state index in [0.29, 0.717) is 13.0 Å². The van der Waals surface area contributed by atoms with Gasteiger partial charge in [0.15, 0.2) is 0 Å². The number of nitrogens with one attached hydrogen (secondary N) is 2. The van der Waals surface area contributed by atoms with E-state index >= 15 is 0 Å². The molecular formula is C15H19BrN2O3. The smallest absolute Gasteiger partial charge is 0.319 e. The van der Waals surface area contributed by atoms with E-state index in [4.69, 9.17) is 5.11 Å². The van der Waals surface area contributed by atoms with Crippen LogP contribution in [-0.2, 0) is 4.79 Å². The fraction of sp³-hybridized carbons (Fsp3) is 0.467. The van der Waals surface area contributed by atoms with Gasteiger partial charge in [-0.15, -0.1) is 0 Å². The molecule has 5 nitrogen and oxygen atoms in total. The van der Waals surface area contributed by atoms with Crippen molar-refractivity contribution in [3.8, 4) is 0 Å². The summed E-state index contributed by atoms with van der Waals surface area (Å²) in [5, 5.41) is 14.7. The van der Waals surface area contributed by atoms with Crippen molar-refractivity contribution < 1.29 is 14.7 Å². The van der Waals surface area contributed by atoms with Crippen LogP contribution >= 0.6 is 15.9 Å². The van der Waals surface area contributed by atoms with E-state index in [0.717, 1.165) is 28.6 Å². The zero-order valence-corrected chi connectivity index (χ0v) is 13.4. The number of amides is 2. The fourth-order valence-electron chi connectivity index (χ4n) is 2.73. The minimum absolute atomic E-state index is 0.0249. The van der Waals surface area contributed by atoms with E-state index in [1.54, 1.807) is 0 Å². The van der Waals surface area contributed by atoms with Crippen LogP contribution < -0.4 is 10.6 Å². The van der Waals surface area contributed by atoms with Crippen LogP contribution in [0.25, 0.3) is 0 Å². The Bertz CT molecular complexity index is 548. The van der Waals surface area contributed by atoms with Gasteiger partial charge in [0.2, 0.25) is 0 Å². The number of hydrogen-bond donors (Lipinski definition) is 3. The zero-order valence-electron chi connectivity index (χ0n) is 11.9. The van der Waals surface area contributed by atoms with Gasteiger partial charge in [-0.05, 0) is 43.4 Å². The van der Waals surface area contributed by atoms with Crippen molar-refractivity contribution in [2.24, 2.45) is 11.8 Å². The van der Waals surface area contributed by atoms with Gasteiger partial charge in [-0.2, -0.15) is 0 Å². The van der Waals surface area contributed by atoms with Crippen molar-refractivity contribution in [2.75, 3.05) is 11.9 Å². The summed E-state index contributed by atoms with van der Waals surface area (Å²) < 4.78 is 0.894. The van der Waals surface area contributed by atoms with Gasteiger partial charge in [-0.25, -0.2) is 4.79 Å². The van der Waals surface area contributed by atoms with Gasteiger partial charge in [0.25, 0.3) is 0 Å². The summed E-state index contributed by atoms with van der Waals surface area (Å²) in [6, 6.07) is 5.36.